The molecule has 0 fully saturated rings. The second-order valence-electron chi connectivity index (χ2n) is 5.80. The molecule has 3 aromatic rings. The Labute approximate surface area is 165 Å². The molecule has 3 rings (SSSR count). The molecule has 1 amide bonds. The number of carbonyl (C=O) groups is 1. The molecule has 0 radical (unpaired) electrons. The van der Waals surface area contributed by atoms with E-state index < -0.39 is 4.92 Å². The van der Waals surface area contributed by atoms with Crippen LogP contribution in [0.15, 0.2) is 53.9 Å². The molecule has 10 heteroatoms. The van der Waals surface area contributed by atoms with Crippen LogP contribution >= 0.6 is 11.8 Å². The molecule has 2 heterocycles. The molecule has 28 heavy (non-hydrogen) atoms. The van der Waals surface area contributed by atoms with Gasteiger partial charge in [0.25, 0.3) is 5.69 Å². The minimum atomic E-state index is -0.473. The van der Waals surface area contributed by atoms with Crippen molar-refractivity contribution >= 4 is 29.0 Å². The lowest BCUT2D eigenvalue weighted by molar-refractivity contribution is -0.384. The predicted molar refractivity (Wildman–Crippen MR) is 106 cm³/mol. The molecule has 0 bridgehead atoms. The molecule has 9 nitrogen and oxygen atoms in total. The lowest BCUT2D eigenvalue weighted by atomic mass is 10.2. The smallest absolute Gasteiger partial charge is 0.269 e. The quantitative estimate of drug-likeness (QED) is 0.342. The summed E-state index contributed by atoms with van der Waals surface area (Å²) >= 11 is 1.30. The van der Waals surface area contributed by atoms with E-state index in [0.29, 0.717) is 17.4 Å². The molecule has 0 saturated carbocycles. The fourth-order valence-corrected chi connectivity index (χ4v) is 3.48. The Morgan fingerprint density at radius 3 is 2.46 bits per heavy atom. The first kappa shape index (κ1) is 19.5. The zero-order valence-electron chi connectivity index (χ0n) is 15.3. The van der Waals surface area contributed by atoms with Crippen LogP contribution in [0.4, 0.5) is 11.4 Å². The van der Waals surface area contributed by atoms with Gasteiger partial charge in [0, 0.05) is 49.4 Å². The van der Waals surface area contributed by atoms with Crippen LogP contribution in [0, 0.1) is 10.1 Å². The molecule has 1 aromatic carbocycles. The van der Waals surface area contributed by atoms with Crippen LogP contribution in [-0.2, 0) is 11.3 Å². The summed E-state index contributed by atoms with van der Waals surface area (Å²) in [5, 5.41) is 19.8. The van der Waals surface area contributed by atoms with Gasteiger partial charge in [0.15, 0.2) is 11.0 Å². The van der Waals surface area contributed by atoms with Crippen LogP contribution in [-0.4, -0.2) is 43.4 Å². The highest BCUT2D eigenvalue weighted by Crippen LogP contribution is 2.25. The summed E-state index contributed by atoms with van der Waals surface area (Å²) in [6, 6.07) is 9.58. The Bertz CT molecular complexity index is 975. The molecule has 0 N–H and O–H groups in total. The number of hydrogen-bond acceptors (Lipinski definition) is 7. The molecule has 0 unspecified atom stereocenters. The van der Waals surface area contributed by atoms with Crippen molar-refractivity contribution in [1.29, 1.82) is 0 Å². The Morgan fingerprint density at radius 1 is 1.18 bits per heavy atom. The van der Waals surface area contributed by atoms with Gasteiger partial charge in [-0.3, -0.25) is 19.9 Å². The third-order valence-electron chi connectivity index (χ3n) is 4.12. The average molecular weight is 398 g/mol. The molecule has 0 aliphatic carbocycles. The Morgan fingerprint density at radius 2 is 1.86 bits per heavy atom. The van der Waals surface area contributed by atoms with Crippen molar-refractivity contribution < 1.29 is 9.72 Å². The Kier molecular flexibility index (Phi) is 5.99. The highest BCUT2D eigenvalue weighted by Gasteiger charge is 2.17. The van der Waals surface area contributed by atoms with Gasteiger partial charge in [-0.15, -0.1) is 10.2 Å². The topological polar surface area (TPSA) is 107 Å². The SMILES string of the molecule is CCn1c(SCC(=O)N(C)c2ccc([N+](=O)[O-])cc2)nnc1-c1ccncc1. The normalized spacial score (nSPS) is 10.6. The standard InChI is InChI=1S/C18H18N6O3S/c1-3-23-17(13-8-10-19-11-9-13)20-21-18(23)28-12-16(25)22(2)14-4-6-15(7-5-14)24(26)27/h4-11H,3,12H2,1-2H3. The number of benzene rings is 1. The van der Waals surface area contributed by atoms with Crippen LogP contribution in [0.25, 0.3) is 11.4 Å². The number of nitro benzene ring substituents is 1. The summed E-state index contributed by atoms with van der Waals surface area (Å²) in [5.74, 6) is 0.751. The number of nitrogens with zero attached hydrogens (tertiary/aromatic N) is 6. The van der Waals surface area contributed by atoms with Crippen molar-refractivity contribution in [2.24, 2.45) is 0 Å². The van der Waals surface area contributed by atoms with Crippen molar-refractivity contribution in [3.8, 4) is 11.4 Å². The van der Waals surface area contributed by atoms with Crippen LogP contribution < -0.4 is 4.90 Å². The molecule has 2 aromatic heterocycles. The van der Waals surface area contributed by atoms with Gasteiger partial charge in [-0.2, -0.15) is 0 Å². The number of nitro groups is 1. The van der Waals surface area contributed by atoms with Gasteiger partial charge in [0.2, 0.25) is 5.91 Å². The van der Waals surface area contributed by atoms with Gasteiger partial charge >= 0.3 is 0 Å². The van der Waals surface area contributed by atoms with E-state index in [1.807, 2.05) is 23.6 Å². The van der Waals surface area contributed by atoms with Gasteiger partial charge < -0.3 is 9.47 Å². The monoisotopic (exact) mass is 398 g/mol. The summed E-state index contributed by atoms with van der Waals surface area (Å²) in [7, 11) is 1.64. The maximum atomic E-state index is 12.5. The molecular formula is C18H18N6O3S. The minimum Gasteiger partial charge on any atom is -0.315 e. The first-order valence-electron chi connectivity index (χ1n) is 8.48. The average Bonchev–Trinajstić information content (AvgIpc) is 3.15. The van der Waals surface area contributed by atoms with E-state index in [1.54, 1.807) is 31.6 Å². The lowest BCUT2D eigenvalue weighted by Crippen LogP contribution is -2.28. The second-order valence-corrected chi connectivity index (χ2v) is 6.74. The number of thioether (sulfide) groups is 1. The summed E-state index contributed by atoms with van der Waals surface area (Å²) in [6.07, 6.45) is 3.39. The first-order chi connectivity index (χ1) is 13.5. The van der Waals surface area contributed by atoms with Crippen LogP contribution in [0.2, 0.25) is 0 Å². The van der Waals surface area contributed by atoms with Gasteiger partial charge in [-0.05, 0) is 31.2 Å². The van der Waals surface area contributed by atoms with Gasteiger partial charge in [0.05, 0.1) is 10.7 Å². The summed E-state index contributed by atoms with van der Waals surface area (Å²) < 4.78 is 1.94. The molecule has 144 valence electrons. The molecule has 0 aliphatic heterocycles. The number of anilines is 1. The van der Waals surface area contributed by atoms with Crippen molar-refractivity contribution in [2.45, 2.75) is 18.6 Å². The molecule has 0 atom stereocenters. The van der Waals surface area contributed by atoms with E-state index in [0.717, 1.165) is 11.4 Å². The summed E-state index contributed by atoms with van der Waals surface area (Å²) in [4.78, 5) is 28.3. The number of hydrogen-bond donors (Lipinski definition) is 0. The number of pyridine rings is 1. The van der Waals surface area contributed by atoms with E-state index in [1.165, 1.54) is 28.8 Å². The predicted octanol–water partition coefficient (Wildman–Crippen LogP) is 3.02. The van der Waals surface area contributed by atoms with E-state index in [2.05, 4.69) is 15.2 Å². The second kappa shape index (κ2) is 8.61. The van der Waals surface area contributed by atoms with Gasteiger partial charge in [-0.25, -0.2) is 0 Å². The zero-order valence-corrected chi connectivity index (χ0v) is 16.2. The number of amides is 1. The van der Waals surface area contributed by atoms with Crippen molar-refractivity contribution in [1.82, 2.24) is 19.7 Å². The van der Waals surface area contributed by atoms with E-state index in [4.69, 9.17) is 0 Å². The maximum absolute atomic E-state index is 12.5. The fourth-order valence-electron chi connectivity index (χ4n) is 2.56. The van der Waals surface area contributed by atoms with Crippen LogP contribution in [0.1, 0.15) is 6.92 Å². The Balaban J connectivity index is 1.69. The highest BCUT2D eigenvalue weighted by molar-refractivity contribution is 7.99. The van der Waals surface area contributed by atoms with Crippen LogP contribution in [0.5, 0.6) is 0 Å². The number of carbonyl (C=O) groups excluding carboxylic acids is 1. The number of aromatic nitrogens is 4. The van der Waals surface area contributed by atoms with Crippen LogP contribution in [0.3, 0.4) is 0 Å². The molecular weight excluding hydrogens is 380 g/mol. The van der Waals surface area contributed by atoms with E-state index in [9.17, 15) is 14.9 Å². The highest BCUT2D eigenvalue weighted by atomic mass is 32.2. The molecule has 0 spiro atoms. The van der Waals surface area contributed by atoms with Gasteiger partial charge in [0.1, 0.15) is 0 Å². The molecule has 0 saturated heterocycles. The zero-order chi connectivity index (χ0) is 20.1. The van der Waals surface area contributed by atoms with E-state index in [-0.39, 0.29) is 17.3 Å². The first-order valence-corrected chi connectivity index (χ1v) is 9.47. The summed E-state index contributed by atoms with van der Waals surface area (Å²) in [5.41, 5.74) is 1.48. The largest absolute Gasteiger partial charge is 0.315 e. The fraction of sp³-hybridized carbons (Fsp3) is 0.222. The van der Waals surface area contributed by atoms with Gasteiger partial charge in [-0.1, -0.05) is 11.8 Å². The summed E-state index contributed by atoms with van der Waals surface area (Å²) in [6.45, 7) is 2.66. The number of rotatable bonds is 7. The third kappa shape index (κ3) is 4.17. The van der Waals surface area contributed by atoms with E-state index >= 15 is 0 Å². The Hall–Kier alpha value is -3.27. The molecule has 0 aliphatic rings. The van der Waals surface area contributed by atoms with Crippen molar-refractivity contribution in [3.63, 3.8) is 0 Å². The van der Waals surface area contributed by atoms with Crippen molar-refractivity contribution in [3.05, 3.63) is 58.9 Å². The maximum Gasteiger partial charge on any atom is 0.269 e. The van der Waals surface area contributed by atoms with Crippen molar-refractivity contribution in [2.75, 3.05) is 17.7 Å². The number of non-ortho nitro benzene ring substituents is 1. The third-order valence-corrected chi connectivity index (χ3v) is 5.07. The lowest BCUT2D eigenvalue weighted by Gasteiger charge is -2.17. The minimum absolute atomic E-state index is 0.0151.